The van der Waals surface area contributed by atoms with Crippen LogP contribution in [-0.4, -0.2) is 46.9 Å². The molecule has 0 unspecified atom stereocenters. The molecule has 1 aromatic rings. The number of nitrogens with zero attached hydrogens (tertiary/aromatic N) is 4. The first-order valence-corrected chi connectivity index (χ1v) is 9.85. The summed E-state index contributed by atoms with van der Waals surface area (Å²) in [6.45, 7) is 6.24. The maximum atomic E-state index is 13.0. The Kier molecular flexibility index (Phi) is 5.52. The largest absolute Gasteiger partial charge is 0.340 e. The molecule has 0 aromatic carbocycles. The first kappa shape index (κ1) is 17.4. The fourth-order valence-electron chi connectivity index (χ4n) is 3.87. The summed E-state index contributed by atoms with van der Waals surface area (Å²) < 4.78 is 0. The van der Waals surface area contributed by atoms with Gasteiger partial charge in [0.25, 0.3) is 0 Å². The molecule has 1 aromatic heterocycles. The second-order valence-corrected chi connectivity index (χ2v) is 8.10. The van der Waals surface area contributed by atoms with E-state index in [-0.39, 0.29) is 5.91 Å². The van der Waals surface area contributed by atoms with Crippen LogP contribution in [0.4, 0.5) is 0 Å². The molecule has 1 saturated heterocycles. The molecule has 0 radical (unpaired) electrons. The van der Waals surface area contributed by atoms with E-state index in [4.69, 9.17) is 0 Å². The van der Waals surface area contributed by atoms with Crippen molar-refractivity contribution >= 4 is 17.2 Å². The first-order valence-electron chi connectivity index (χ1n) is 8.97. The monoisotopic (exact) mass is 346 g/mol. The van der Waals surface area contributed by atoms with Crippen LogP contribution in [0.5, 0.6) is 0 Å². The van der Waals surface area contributed by atoms with E-state index < -0.39 is 5.41 Å². The highest BCUT2D eigenvalue weighted by molar-refractivity contribution is 7.09. The zero-order valence-electron chi connectivity index (χ0n) is 14.5. The number of amides is 1. The van der Waals surface area contributed by atoms with Gasteiger partial charge in [-0.25, -0.2) is 4.98 Å². The first-order chi connectivity index (χ1) is 11.6. The van der Waals surface area contributed by atoms with Gasteiger partial charge in [0.2, 0.25) is 5.91 Å². The maximum absolute atomic E-state index is 13.0. The molecule has 130 valence electrons. The number of aromatic nitrogens is 1. The number of hydrogen-bond acceptors (Lipinski definition) is 5. The van der Waals surface area contributed by atoms with Gasteiger partial charge in [-0.2, -0.15) is 5.26 Å². The van der Waals surface area contributed by atoms with Crippen molar-refractivity contribution in [3.8, 4) is 6.07 Å². The molecule has 5 nitrogen and oxygen atoms in total. The van der Waals surface area contributed by atoms with E-state index in [1.807, 2.05) is 11.8 Å². The van der Waals surface area contributed by atoms with Gasteiger partial charge in [0.1, 0.15) is 5.41 Å². The summed E-state index contributed by atoms with van der Waals surface area (Å²) in [7, 11) is 0. The Morgan fingerprint density at radius 1 is 1.25 bits per heavy atom. The second-order valence-electron chi connectivity index (χ2n) is 7.03. The van der Waals surface area contributed by atoms with E-state index in [1.165, 1.54) is 0 Å². The van der Waals surface area contributed by atoms with Crippen molar-refractivity contribution in [1.82, 2.24) is 14.8 Å². The summed E-state index contributed by atoms with van der Waals surface area (Å²) in [6, 6.07) is 2.38. The van der Waals surface area contributed by atoms with Crippen LogP contribution in [0, 0.1) is 23.7 Å². The molecule has 2 aliphatic rings. The summed E-state index contributed by atoms with van der Waals surface area (Å²) in [4.78, 5) is 21.9. The third kappa shape index (κ3) is 3.79. The molecular formula is C18H26N4OS. The van der Waals surface area contributed by atoms with Crippen LogP contribution in [-0.2, 0) is 11.3 Å². The second kappa shape index (κ2) is 7.62. The van der Waals surface area contributed by atoms with E-state index in [2.05, 4.69) is 21.3 Å². The lowest BCUT2D eigenvalue weighted by Crippen LogP contribution is -2.45. The Morgan fingerprint density at radius 3 is 2.71 bits per heavy atom. The zero-order chi connectivity index (χ0) is 17.0. The number of hydrogen-bond donors (Lipinski definition) is 0. The lowest BCUT2D eigenvalue weighted by atomic mass is 9.74. The van der Waals surface area contributed by atoms with Crippen molar-refractivity contribution in [2.24, 2.45) is 5.41 Å². The lowest BCUT2D eigenvalue weighted by molar-refractivity contribution is -0.140. The minimum absolute atomic E-state index is 0.0797. The molecule has 6 heteroatoms. The molecule has 0 spiro atoms. The quantitative estimate of drug-likeness (QED) is 0.844. The van der Waals surface area contributed by atoms with Gasteiger partial charge >= 0.3 is 0 Å². The Bertz CT molecular complexity index is 615. The van der Waals surface area contributed by atoms with E-state index in [9.17, 15) is 10.1 Å². The molecule has 0 atom stereocenters. The summed E-state index contributed by atoms with van der Waals surface area (Å²) in [6.07, 6.45) is 5.60. The number of nitriles is 1. The van der Waals surface area contributed by atoms with Gasteiger partial charge in [-0.1, -0.05) is 19.3 Å². The Balaban J connectivity index is 1.60. The van der Waals surface area contributed by atoms with Gasteiger partial charge in [0.15, 0.2) is 0 Å². The molecule has 1 aliphatic heterocycles. The maximum Gasteiger partial charge on any atom is 0.243 e. The van der Waals surface area contributed by atoms with Gasteiger partial charge in [0.05, 0.1) is 16.8 Å². The molecule has 1 amide bonds. The molecule has 2 fully saturated rings. The molecular weight excluding hydrogens is 320 g/mol. The van der Waals surface area contributed by atoms with Gasteiger partial charge < -0.3 is 4.90 Å². The summed E-state index contributed by atoms with van der Waals surface area (Å²) in [5, 5.41) is 12.9. The van der Waals surface area contributed by atoms with E-state index in [1.54, 1.807) is 11.3 Å². The number of thiazole rings is 1. The predicted octanol–water partition coefficient (Wildman–Crippen LogP) is 2.96. The Morgan fingerprint density at radius 2 is 2.04 bits per heavy atom. The molecule has 3 rings (SSSR count). The van der Waals surface area contributed by atoms with Crippen LogP contribution < -0.4 is 0 Å². The van der Waals surface area contributed by atoms with Crippen molar-refractivity contribution in [3.05, 3.63) is 16.1 Å². The third-order valence-corrected chi connectivity index (χ3v) is 6.08. The van der Waals surface area contributed by atoms with Crippen molar-refractivity contribution in [3.63, 3.8) is 0 Å². The average molecular weight is 347 g/mol. The number of carbonyl (C=O) groups is 1. The Hall–Kier alpha value is -1.45. The molecule has 0 bridgehead atoms. The fraction of sp³-hybridized carbons (Fsp3) is 0.722. The minimum Gasteiger partial charge on any atom is -0.340 e. The molecule has 1 saturated carbocycles. The van der Waals surface area contributed by atoms with E-state index in [0.29, 0.717) is 0 Å². The normalized spacial score (nSPS) is 21.9. The highest BCUT2D eigenvalue weighted by Crippen LogP contribution is 2.37. The summed E-state index contributed by atoms with van der Waals surface area (Å²) >= 11 is 1.69. The van der Waals surface area contributed by atoms with Crippen LogP contribution in [0.15, 0.2) is 5.38 Å². The van der Waals surface area contributed by atoms with Gasteiger partial charge in [0, 0.05) is 38.1 Å². The predicted molar refractivity (Wildman–Crippen MR) is 94.5 cm³/mol. The van der Waals surface area contributed by atoms with Gasteiger partial charge in [-0.15, -0.1) is 11.3 Å². The molecule has 0 N–H and O–H groups in total. The van der Waals surface area contributed by atoms with Gasteiger partial charge in [-0.05, 0) is 26.2 Å². The zero-order valence-corrected chi connectivity index (χ0v) is 15.3. The highest BCUT2D eigenvalue weighted by Gasteiger charge is 2.42. The van der Waals surface area contributed by atoms with Crippen LogP contribution in [0.3, 0.4) is 0 Å². The Labute approximate surface area is 148 Å². The van der Waals surface area contributed by atoms with Crippen LogP contribution in [0.1, 0.15) is 49.2 Å². The topological polar surface area (TPSA) is 60.2 Å². The third-order valence-electron chi connectivity index (χ3n) is 5.26. The fourth-order valence-corrected chi connectivity index (χ4v) is 4.48. The van der Waals surface area contributed by atoms with E-state index >= 15 is 0 Å². The average Bonchev–Trinajstić information content (AvgIpc) is 2.88. The smallest absolute Gasteiger partial charge is 0.243 e. The van der Waals surface area contributed by atoms with Gasteiger partial charge in [-0.3, -0.25) is 9.69 Å². The lowest BCUT2D eigenvalue weighted by Gasteiger charge is -2.34. The summed E-state index contributed by atoms with van der Waals surface area (Å²) in [5.74, 6) is 0.0797. The van der Waals surface area contributed by atoms with Crippen LogP contribution >= 0.6 is 11.3 Å². The number of aryl methyl sites for hydroxylation is 1. The van der Waals surface area contributed by atoms with Crippen molar-refractivity contribution in [1.29, 1.82) is 5.26 Å². The number of rotatable bonds is 3. The van der Waals surface area contributed by atoms with E-state index in [0.717, 1.165) is 82.0 Å². The molecule has 1 aliphatic carbocycles. The molecule has 2 heterocycles. The number of carbonyl (C=O) groups excluding carboxylic acids is 1. The van der Waals surface area contributed by atoms with Crippen molar-refractivity contribution in [2.45, 2.75) is 52.0 Å². The van der Waals surface area contributed by atoms with Crippen molar-refractivity contribution < 1.29 is 4.79 Å². The van der Waals surface area contributed by atoms with Crippen LogP contribution in [0.2, 0.25) is 0 Å². The minimum atomic E-state index is -0.751. The standard InChI is InChI=1S/C18H26N4OS/c1-15-20-16(13-24-15)12-21-8-5-9-22(11-10-21)17(23)18(14-19)6-3-2-4-7-18/h13H,2-12H2,1H3. The molecule has 24 heavy (non-hydrogen) atoms. The SMILES string of the molecule is Cc1nc(CN2CCCN(C(=O)C3(C#N)CCCCC3)CC2)cs1. The summed E-state index contributed by atoms with van der Waals surface area (Å²) in [5.41, 5.74) is 0.373. The highest BCUT2D eigenvalue weighted by atomic mass is 32.1. The van der Waals surface area contributed by atoms with Crippen molar-refractivity contribution in [2.75, 3.05) is 26.2 Å². The van der Waals surface area contributed by atoms with Crippen LogP contribution in [0.25, 0.3) is 0 Å².